The van der Waals surface area contributed by atoms with E-state index in [9.17, 15) is 18.3 Å². The summed E-state index contributed by atoms with van der Waals surface area (Å²) in [5, 5.41) is 18.2. The average Bonchev–Trinajstić information content (AvgIpc) is 3.35. The zero-order valence-electron chi connectivity index (χ0n) is 23.5. The van der Waals surface area contributed by atoms with Crippen LogP contribution < -0.4 is 10.6 Å². The van der Waals surface area contributed by atoms with Crippen LogP contribution in [-0.2, 0) is 16.4 Å². The van der Waals surface area contributed by atoms with E-state index in [-0.39, 0.29) is 29.8 Å². The number of hydrogen-bond donors (Lipinski definition) is 3. The monoisotopic (exact) mass is 658 g/mol. The number of amides is 1. The molecule has 0 aliphatic rings. The average molecular weight is 660 g/mol. The fourth-order valence-electron chi connectivity index (χ4n) is 4.61. The number of rotatable bonds is 12. The second-order valence-electron chi connectivity index (χ2n) is 10.4. The molecule has 0 bridgehead atoms. The maximum Gasteiger partial charge on any atom is 0.251 e. The highest BCUT2D eigenvalue weighted by Crippen LogP contribution is 2.29. The van der Waals surface area contributed by atoms with Crippen molar-refractivity contribution in [3.8, 4) is 0 Å². The lowest BCUT2D eigenvalue weighted by atomic mass is 9.99. The van der Waals surface area contributed by atoms with Gasteiger partial charge in [0.25, 0.3) is 5.91 Å². The first kappa shape index (κ1) is 31.1. The van der Waals surface area contributed by atoms with Crippen molar-refractivity contribution in [3.63, 3.8) is 0 Å². The number of carbonyl (C=O) groups is 1. The topological polar surface area (TPSA) is 112 Å². The van der Waals surface area contributed by atoms with Gasteiger partial charge in [-0.25, -0.2) is 13.4 Å². The fraction of sp³-hybridized carbons (Fsp3) is 0.333. The number of halogens is 1. The van der Waals surface area contributed by atoms with E-state index in [0.717, 1.165) is 20.3 Å². The Morgan fingerprint density at radius 3 is 2.46 bits per heavy atom. The summed E-state index contributed by atoms with van der Waals surface area (Å²) >= 11 is 4.80. The van der Waals surface area contributed by atoms with E-state index < -0.39 is 22.2 Å². The smallest absolute Gasteiger partial charge is 0.251 e. The van der Waals surface area contributed by atoms with Crippen molar-refractivity contribution in [3.05, 3.63) is 87.9 Å². The van der Waals surface area contributed by atoms with Gasteiger partial charge in [0.15, 0.2) is 5.13 Å². The zero-order chi connectivity index (χ0) is 29.7. The summed E-state index contributed by atoms with van der Waals surface area (Å²) in [6.45, 7) is 5.73. The van der Waals surface area contributed by atoms with Crippen molar-refractivity contribution >= 4 is 58.5 Å². The molecule has 1 amide bonds. The van der Waals surface area contributed by atoms with Gasteiger partial charge in [-0.15, -0.1) is 0 Å². The molecule has 218 valence electrons. The van der Waals surface area contributed by atoms with Gasteiger partial charge in [-0.1, -0.05) is 71.4 Å². The first-order valence-electron chi connectivity index (χ1n) is 13.4. The van der Waals surface area contributed by atoms with Crippen LogP contribution in [0.5, 0.6) is 0 Å². The number of aliphatic hydroxyl groups excluding tert-OH is 1. The number of nitrogens with zero attached hydrogens (tertiary/aromatic N) is 2. The number of benzene rings is 3. The Bertz CT molecular complexity index is 1610. The highest BCUT2D eigenvalue weighted by molar-refractivity contribution is 9.10. The summed E-state index contributed by atoms with van der Waals surface area (Å²) in [6.07, 6.45) is -0.843. The van der Waals surface area contributed by atoms with Gasteiger partial charge in [0.2, 0.25) is 10.0 Å². The second kappa shape index (κ2) is 13.4. The molecule has 0 radical (unpaired) electrons. The highest BCUT2D eigenvalue weighted by Gasteiger charge is 2.32. The molecule has 0 saturated heterocycles. The molecule has 0 aliphatic heterocycles. The lowest BCUT2D eigenvalue weighted by molar-refractivity contribution is 0.0775. The molecular formula is C30H35BrN4O4S2. The SMILES string of the molecule is CNc1nc2ccc(S(=O)(=O)N(CC(C)C)CC(O)C(Cc3ccccc3)NC(=O)c3ccc(Br)cc3C)cc2s1. The van der Waals surface area contributed by atoms with Crippen molar-refractivity contribution in [2.24, 2.45) is 5.92 Å². The number of aryl methyl sites for hydroxylation is 1. The summed E-state index contributed by atoms with van der Waals surface area (Å²) in [4.78, 5) is 17.9. The molecule has 0 aliphatic carbocycles. The Kier molecular flexibility index (Phi) is 10.2. The standard InChI is InChI=1S/C30H35BrN4O4S2/c1-19(2)17-35(41(38,39)23-11-13-25-28(16-23)40-30(32-4)34-25)18-27(36)26(15-21-8-6-5-7-9-21)33-29(37)24-12-10-22(31)14-20(24)3/h5-14,16,19,26-27,36H,15,17-18H2,1-4H3,(H,32,34)(H,33,37). The summed E-state index contributed by atoms with van der Waals surface area (Å²) in [7, 11) is -2.20. The molecule has 1 heterocycles. The molecule has 2 unspecified atom stereocenters. The van der Waals surface area contributed by atoms with Gasteiger partial charge in [0.05, 0.1) is 27.3 Å². The number of carbonyl (C=O) groups excluding carboxylic acids is 1. The molecule has 0 spiro atoms. The molecule has 0 fully saturated rings. The van der Waals surface area contributed by atoms with E-state index >= 15 is 0 Å². The Morgan fingerprint density at radius 2 is 1.80 bits per heavy atom. The van der Waals surface area contributed by atoms with E-state index in [1.165, 1.54) is 15.6 Å². The summed E-state index contributed by atoms with van der Waals surface area (Å²) in [6, 6.07) is 19.0. The van der Waals surface area contributed by atoms with E-state index in [0.29, 0.717) is 22.6 Å². The molecular weight excluding hydrogens is 624 g/mol. The lowest BCUT2D eigenvalue weighted by Crippen LogP contribution is -2.51. The Morgan fingerprint density at radius 1 is 1.07 bits per heavy atom. The molecule has 4 rings (SSSR count). The van der Waals surface area contributed by atoms with Crippen LogP contribution in [0.3, 0.4) is 0 Å². The van der Waals surface area contributed by atoms with E-state index in [4.69, 9.17) is 0 Å². The Labute approximate surface area is 254 Å². The molecule has 3 aromatic carbocycles. The molecule has 8 nitrogen and oxygen atoms in total. The quantitative estimate of drug-likeness (QED) is 0.186. The number of hydrogen-bond acceptors (Lipinski definition) is 7. The van der Waals surface area contributed by atoms with Crippen molar-refractivity contribution in [1.29, 1.82) is 0 Å². The minimum absolute atomic E-state index is 0.00702. The number of aliphatic hydroxyl groups is 1. The van der Waals surface area contributed by atoms with Crippen molar-refractivity contribution in [1.82, 2.24) is 14.6 Å². The van der Waals surface area contributed by atoms with Crippen molar-refractivity contribution in [2.75, 3.05) is 25.5 Å². The number of thiazole rings is 1. The normalized spacial score (nSPS) is 13.5. The molecule has 3 N–H and O–H groups in total. The zero-order valence-corrected chi connectivity index (χ0v) is 26.7. The van der Waals surface area contributed by atoms with Crippen LogP contribution in [0.1, 0.15) is 35.3 Å². The number of fused-ring (bicyclic) bond motifs is 1. The molecule has 4 aromatic rings. The second-order valence-corrected chi connectivity index (χ2v) is 14.3. The van der Waals surface area contributed by atoms with Crippen molar-refractivity contribution in [2.45, 2.75) is 44.2 Å². The number of anilines is 1. The predicted molar refractivity (Wildman–Crippen MR) is 169 cm³/mol. The molecule has 41 heavy (non-hydrogen) atoms. The molecule has 1 aromatic heterocycles. The third-order valence-electron chi connectivity index (χ3n) is 6.68. The van der Waals surface area contributed by atoms with Gasteiger partial charge in [-0.3, -0.25) is 4.79 Å². The summed E-state index contributed by atoms with van der Waals surface area (Å²) in [5.74, 6) is -0.322. The van der Waals surface area contributed by atoms with E-state index in [1.54, 1.807) is 37.4 Å². The third-order valence-corrected chi connectivity index (χ3v) is 10.0. The predicted octanol–water partition coefficient (Wildman–Crippen LogP) is 5.46. The fourth-order valence-corrected chi connectivity index (χ4v) is 7.67. The maximum absolute atomic E-state index is 13.9. The van der Waals surface area contributed by atoms with Gasteiger partial charge >= 0.3 is 0 Å². The van der Waals surface area contributed by atoms with Crippen LogP contribution in [0, 0.1) is 12.8 Å². The largest absolute Gasteiger partial charge is 0.390 e. The minimum atomic E-state index is -3.96. The van der Waals surface area contributed by atoms with Crippen LogP contribution in [0.4, 0.5) is 5.13 Å². The van der Waals surface area contributed by atoms with E-state index in [1.807, 2.05) is 57.2 Å². The van der Waals surface area contributed by atoms with Crippen LogP contribution in [0.15, 0.2) is 76.1 Å². The van der Waals surface area contributed by atoms with Gasteiger partial charge < -0.3 is 15.7 Å². The van der Waals surface area contributed by atoms with Crippen molar-refractivity contribution < 1.29 is 18.3 Å². The summed E-state index contributed by atoms with van der Waals surface area (Å²) < 4.78 is 30.8. The first-order chi connectivity index (χ1) is 19.5. The molecule has 0 saturated carbocycles. The van der Waals surface area contributed by atoms with Gasteiger partial charge in [0.1, 0.15) is 0 Å². The number of aromatic nitrogens is 1. The Balaban J connectivity index is 1.63. The number of sulfonamides is 1. The van der Waals surface area contributed by atoms with Crippen LogP contribution in [0.2, 0.25) is 0 Å². The third kappa shape index (κ3) is 7.72. The maximum atomic E-state index is 13.9. The van der Waals surface area contributed by atoms with Gasteiger partial charge in [-0.2, -0.15) is 4.31 Å². The molecule has 2 atom stereocenters. The first-order valence-corrected chi connectivity index (χ1v) is 16.4. The van der Waals surface area contributed by atoms with Gasteiger partial charge in [0, 0.05) is 30.2 Å². The minimum Gasteiger partial charge on any atom is -0.390 e. The molecule has 11 heteroatoms. The van der Waals surface area contributed by atoms with Crippen LogP contribution in [-0.4, -0.2) is 61.0 Å². The highest BCUT2D eigenvalue weighted by atomic mass is 79.9. The summed E-state index contributed by atoms with van der Waals surface area (Å²) in [5.41, 5.74) is 2.90. The van der Waals surface area contributed by atoms with Crippen LogP contribution in [0.25, 0.3) is 10.2 Å². The van der Waals surface area contributed by atoms with E-state index in [2.05, 4.69) is 31.5 Å². The Hall–Kier alpha value is -2.83. The van der Waals surface area contributed by atoms with Gasteiger partial charge in [-0.05, 0) is 66.8 Å². The number of nitrogens with one attached hydrogen (secondary N) is 2. The lowest BCUT2D eigenvalue weighted by Gasteiger charge is -2.31. The van der Waals surface area contributed by atoms with Crippen LogP contribution >= 0.6 is 27.3 Å².